The van der Waals surface area contributed by atoms with Crippen LogP contribution >= 0.6 is 0 Å². The molecule has 0 heterocycles. The maximum atomic E-state index is 11.6. The first-order valence-electron chi connectivity index (χ1n) is 10.4. The summed E-state index contributed by atoms with van der Waals surface area (Å²) in [7, 11) is 3.58. The van der Waals surface area contributed by atoms with Gasteiger partial charge in [-0.25, -0.2) is 0 Å². The summed E-state index contributed by atoms with van der Waals surface area (Å²) < 4.78 is 5.56. The summed E-state index contributed by atoms with van der Waals surface area (Å²) in [6.07, 6.45) is 4.16. The quantitative estimate of drug-likeness (QED) is 0.735. The zero-order valence-corrected chi connectivity index (χ0v) is 18.0. The molecule has 160 valence electrons. The lowest BCUT2D eigenvalue weighted by molar-refractivity contribution is -0.130. The van der Waals surface area contributed by atoms with E-state index in [1.54, 1.807) is 26.2 Å². The molecule has 6 nitrogen and oxygen atoms in total. The predicted molar refractivity (Wildman–Crippen MR) is 118 cm³/mol. The minimum atomic E-state index is -0.426. The second-order valence-corrected chi connectivity index (χ2v) is 7.98. The van der Waals surface area contributed by atoms with Gasteiger partial charge < -0.3 is 20.7 Å². The van der Waals surface area contributed by atoms with Crippen molar-refractivity contribution in [2.45, 2.75) is 51.2 Å². The molecular weight excluding hydrogens is 378 g/mol. The first-order chi connectivity index (χ1) is 14.4. The summed E-state index contributed by atoms with van der Waals surface area (Å²) in [5.74, 6) is 0.562. The van der Waals surface area contributed by atoms with E-state index in [0.717, 1.165) is 48.1 Å². The molecule has 3 rings (SSSR count). The van der Waals surface area contributed by atoms with Gasteiger partial charge in [0, 0.05) is 43.7 Å². The molecule has 0 aliphatic heterocycles. The van der Waals surface area contributed by atoms with Gasteiger partial charge in [-0.05, 0) is 61.1 Å². The molecule has 1 fully saturated rings. The molecule has 0 spiro atoms. The minimum absolute atomic E-state index is 0.136. The number of primary amides is 1. The van der Waals surface area contributed by atoms with Crippen LogP contribution in [0.1, 0.15) is 48.5 Å². The number of ether oxygens (including phenoxy) is 1. The summed E-state index contributed by atoms with van der Waals surface area (Å²) in [5.41, 5.74) is 9.02. The average Bonchev–Trinajstić information content (AvgIpc) is 2.77. The van der Waals surface area contributed by atoms with Gasteiger partial charge >= 0.3 is 0 Å². The van der Waals surface area contributed by atoms with E-state index >= 15 is 0 Å². The Morgan fingerprint density at radius 3 is 2.27 bits per heavy atom. The lowest BCUT2D eigenvalue weighted by Gasteiger charge is -2.34. The molecule has 1 aliphatic rings. The van der Waals surface area contributed by atoms with Gasteiger partial charge in [-0.1, -0.05) is 18.2 Å². The minimum Gasteiger partial charge on any atom is -0.496 e. The van der Waals surface area contributed by atoms with Crippen molar-refractivity contribution in [3.63, 3.8) is 0 Å². The average molecular weight is 410 g/mol. The third-order valence-corrected chi connectivity index (χ3v) is 6.11. The normalized spacial score (nSPS) is 18.6. The molecule has 1 aliphatic carbocycles. The lowest BCUT2D eigenvalue weighted by Crippen LogP contribution is -2.42. The maximum absolute atomic E-state index is 11.6. The summed E-state index contributed by atoms with van der Waals surface area (Å²) in [4.78, 5) is 24.7. The number of hydrogen-bond donors (Lipinski definition) is 2. The van der Waals surface area contributed by atoms with E-state index in [4.69, 9.17) is 10.5 Å². The first-order valence-corrected chi connectivity index (χ1v) is 10.4. The molecule has 30 heavy (non-hydrogen) atoms. The fraction of sp³-hybridized carbons (Fsp3) is 0.417. The molecule has 3 N–H and O–H groups in total. The molecule has 6 heteroatoms. The third-order valence-electron chi connectivity index (χ3n) is 6.11. The number of nitrogens with two attached hydrogens (primary N) is 1. The molecule has 0 saturated heterocycles. The Bertz CT molecular complexity index is 887. The highest BCUT2D eigenvalue weighted by Gasteiger charge is 2.25. The monoisotopic (exact) mass is 409 g/mol. The van der Waals surface area contributed by atoms with Gasteiger partial charge in [-0.3, -0.25) is 9.59 Å². The highest BCUT2D eigenvalue weighted by atomic mass is 16.5. The standard InChI is InChI=1S/C24H31N3O3/c1-16(28)27(2)22-11-9-21(10-12-22)26-15-20-14-19(8-13-23(20)30-3)17-4-6-18(7-5-17)24(25)29/h4-8,13-14,21-22,26H,9-12,15H2,1-3H3,(H2,25,29). The van der Waals surface area contributed by atoms with E-state index < -0.39 is 5.91 Å². The molecule has 1 saturated carbocycles. The van der Waals surface area contributed by atoms with Crippen molar-refractivity contribution in [2.75, 3.05) is 14.2 Å². The van der Waals surface area contributed by atoms with E-state index in [1.807, 2.05) is 36.2 Å². The Labute approximate surface area is 178 Å². The van der Waals surface area contributed by atoms with Crippen molar-refractivity contribution in [1.82, 2.24) is 10.2 Å². The van der Waals surface area contributed by atoms with Gasteiger partial charge in [0.2, 0.25) is 11.8 Å². The molecule has 0 radical (unpaired) electrons. The molecule has 2 aromatic rings. The van der Waals surface area contributed by atoms with Crippen molar-refractivity contribution in [3.05, 3.63) is 53.6 Å². The highest BCUT2D eigenvalue weighted by molar-refractivity contribution is 5.93. The number of carbonyl (C=O) groups is 2. The SMILES string of the molecule is COc1ccc(-c2ccc(C(N)=O)cc2)cc1CNC1CCC(N(C)C(C)=O)CC1. The largest absolute Gasteiger partial charge is 0.496 e. The molecule has 2 aromatic carbocycles. The number of hydrogen-bond acceptors (Lipinski definition) is 4. The molecule has 0 atom stereocenters. The number of methoxy groups -OCH3 is 1. The van der Waals surface area contributed by atoms with Crippen LogP contribution in [0.15, 0.2) is 42.5 Å². The summed E-state index contributed by atoms with van der Waals surface area (Å²) in [6, 6.07) is 14.2. The maximum Gasteiger partial charge on any atom is 0.248 e. The van der Waals surface area contributed by atoms with Crippen LogP contribution in [0.5, 0.6) is 5.75 Å². The second-order valence-electron chi connectivity index (χ2n) is 7.98. The number of carbonyl (C=O) groups excluding carboxylic acids is 2. The molecule has 0 bridgehead atoms. The zero-order chi connectivity index (χ0) is 21.7. The van der Waals surface area contributed by atoms with Crippen LogP contribution in [0.4, 0.5) is 0 Å². The van der Waals surface area contributed by atoms with Gasteiger partial charge in [0.25, 0.3) is 0 Å². The van der Waals surface area contributed by atoms with Crippen LogP contribution in [0.3, 0.4) is 0 Å². The number of amides is 2. The van der Waals surface area contributed by atoms with Crippen molar-refractivity contribution >= 4 is 11.8 Å². The Morgan fingerprint density at radius 1 is 1.07 bits per heavy atom. The Kier molecular flexibility index (Phi) is 7.11. The summed E-state index contributed by atoms with van der Waals surface area (Å²) >= 11 is 0. The van der Waals surface area contributed by atoms with Gasteiger partial charge in [-0.2, -0.15) is 0 Å². The molecule has 0 unspecified atom stereocenters. The molecular formula is C24H31N3O3. The fourth-order valence-electron chi connectivity index (χ4n) is 4.10. The summed E-state index contributed by atoms with van der Waals surface area (Å²) in [5, 5.41) is 3.66. The van der Waals surface area contributed by atoms with Crippen molar-refractivity contribution in [3.8, 4) is 16.9 Å². The Balaban J connectivity index is 1.65. The fourth-order valence-corrected chi connectivity index (χ4v) is 4.10. The van der Waals surface area contributed by atoms with E-state index in [2.05, 4.69) is 11.4 Å². The zero-order valence-electron chi connectivity index (χ0n) is 18.0. The van der Waals surface area contributed by atoms with E-state index in [-0.39, 0.29) is 5.91 Å². The predicted octanol–water partition coefficient (Wildman–Crippen LogP) is 3.34. The molecule has 0 aromatic heterocycles. The van der Waals surface area contributed by atoms with Crippen molar-refractivity contribution in [1.29, 1.82) is 0 Å². The number of benzene rings is 2. The van der Waals surface area contributed by atoms with Gasteiger partial charge in [0.15, 0.2) is 0 Å². The van der Waals surface area contributed by atoms with E-state index in [0.29, 0.717) is 24.2 Å². The number of rotatable bonds is 7. The van der Waals surface area contributed by atoms with Crippen LogP contribution in [0, 0.1) is 0 Å². The van der Waals surface area contributed by atoms with Gasteiger partial charge in [0.05, 0.1) is 7.11 Å². The van der Waals surface area contributed by atoms with Crippen LogP contribution in [0.25, 0.3) is 11.1 Å². The van der Waals surface area contributed by atoms with Crippen LogP contribution < -0.4 is 15.8 Å². The second kappa shape index (κ2) is 9.76. The van der Waals surface area contributed by atoms with E-state index in [1.165, 1.54) is 0 Å². The van der Waals surface area contributed by atoms with Gasteiger partial charge in [0.1, 0.15) is 5.75 Å². The number of nitrogens with one attached hydrogen (secondary N) is 1. The Morgan fingerprint density at radius 2 is 1.70 bits per heavy atom. The number of nitrogens with zero attached hydrogens (tertiary/aromatic N) is 1. The van der Waals surface area contributed by atoms with Crippen LogP contribution in [0.2, 0.25) is 0 Å². The highest BCUT2D eigenvalue weighted by Crippen LogP contribution is 2.28. The van der Waals surface area contributed by atoms with Crippen molar-refractivity contribution in [2.24, 2.45) is 5.73 Å². The van der Waals surface area contributed by atoms with Crippen LogP contribution in [-0.4, -0.2) is 43.0 Å². The molecule has 2 amide bonds. The van der Waals surface area contributed by atoms with Crippen LogP contribution in [-0.2, 0) is 11.3 Å². The lowest BCUT2D eigenvalue weighted by atomic mass is 9.90. The smallest absolute Gasteiger partial charge is 0.248 e. The summed E-state index contributed by atoms with van der Waals surface area (Å²) in [6.45, 7) is 2.35. The van der Waals surface area contributed by atoms with Crippen molar-refractivity contribution < 1.29 is 14.3 Å². The van der Waals surface area contributed by atoms with E-state index in [9.17, 15) is 9.59 Å². The van der Waals surface area contributed by atoms with Gasteiger partial charge in [-0.15, -0.1) is 0 Å². The topological polar surface area (TPSA) is 84.7 Å². The first kappa shape index (κ1) is 21.8. The third kappa shape index (κ3) is 5.19. The Hall–Kier alpha value is -2.86.